The summed E-state index contributed by atoms with van der Waals surface area (Å²) in [5.41, 5.74) is 7.16. The Labute approximate surface area is 265 Å². The highest BCUT2D eigenvalue weighted by atomic mass is 16.5. The summed E-state index contributed by atoms with van der Waals surface area (Å²) in [6.45, 7) is 6.89. The number of Topliss-reactive ketones (excluding diaryl/α,β-unsaturated/α-hetero) is 1. The molecule has 0 saturated carbocycles. The molecule has 0 radical (unpaired) electrons. The lowest BCUT2D eigenvalue weighted by Gasteiger charge is -2.27. The maximum Gasteiger partial charge on any atom is 0.306 e. The number of amides is 4. The topological polar surface area (TPSA) is 165 Å². The van der Waals surface area contributed by atoms with Crippen LogP contribution in [0.1, 0.15) is 58.1 Å². The van der Waals surface area contributed by atoms with Crippen LogP contribution in [-0.4, -0.2) is 66.0 Å². The van der Waals surface area contributed by atoms with E-state index in [1.165, 1.54) is 7.05 Å². The quantitative estimate of drug-likeness (QED) is 0.170. The van der Waals surface area contributed by atoms with Crippen LogP contribution in [0, 0.1) is 17.8 Å². The SMILES string of the molecule is CC[C@H](C)C(NC(=O)[C@@H](CC(=O)OCc1ccccc1)CC(C)C)C(=O)C(=O)NCC(=O)N(C)[C@@H](Cc1ccccc1)C(N)=O. The first-order chi connectivity index (χ1) is 21.3. The zero-order chi connectivity index (χ0) is 33.5. The molecule has 4 amide bonds. The number of rotatable bonds is 18. The van der Waals surface area contributed by atoms with Crippen LogP contribution in [-0.2, 0) is 46.5 Å². The van der Waals surface area contributed by atoms with Crippen molar-refractivity contribution in [3.63, 3.8) is 0 Å². The Morgan fingerprint density at radius 1 is 0.889 bits per heavy atom. The standard InChI is InChI=1S/C34H46N4O7/c1-6-23(4)30(37-33(43)26(17-22(2)3)19-29(40)45-21-25-15-11-8-12-16-25)31(41)34(44)36-20-28(39)38(5)27(32(35)42)18-24-13-9-7-10-14-24/h7-16,22-23,26-27,30H,6,17-21H2,1-5H3,(H2,35,42)(H,36,44)(H,37,43)/t23-,26+,27-,30?/m0/s1. The number of hydrogen-bond acceptors (Lipinski definition) is 7. The van der Waals surface area contributed by atoms with Gasteiger partial charge in [-0.25, -0.2) is 0 Å². The summed E-state index contributed by atoms with van der Waals surface area (Å²) in [5.74, 6) is -5.51. The Bertz CT molecular complexity index is 1300. The second kappa shape index (κ2) is 18.3. The number of carbonyl (C=O) groups excluding carboxylic acids is 6. The van der Waals surface area contributed by atoms with Gasteiger partial charge in [-0.1, -0.05) is 94.8 Å². The molecule has 45 heavy (non-hydrogen) atoms. The molecule has 4 N–H and O–H groups in total. The van der Waals surface area contributed by atoms with Gasteiger partial charge in [0.1, 0.15) is 12.6 Å². The van der Waals surface area contributed by atoms with Crippen molar-refractivity contribution in [1.29, 1.82) is 0 Å². The van der Waals surface area contributed by atoms with Crippen LogP contribution in [0.4, 0.5) is 0 Å². The third-order valence-electron chi connectivity index (χ3n) is 7.66. The normalized spacial score (nSPS) is 13.6. The van der Waals surface area contributed by atoms with E-state index in [9.17, 15) is 28.8 Å². The first-order valence-corrected chi connectivity index (χ1v) is 15.2. The summed E-state index contributed by atoms with van der Waals surface area (Å²) in [6.07, 6.45) is 0.837. The molecule has 0 aliphatic heterocycles. The molecule has 1 unspecified atom stereocenters. The number of likely N-dealkylation sites (N-methyl/N-ethyl adjacent to an activating group) is 1. The maximum absolute atomic E-state index is 13.4. The molecular formula is C34H46N4O7. The van der Waals surface area contributed by atoms with Crippen molar-refractivity contribution in [3.8, 4) is 0 Å². The Kier molecular flexibility index (Phi) is 14.9. The molecule has 0 spiro atoms. The number of nitrogens with zero attached hydrogens (tertiary/aromatic N) is 1. The van der Waals surface area contributed by atoms with E-state index in [1.54, 1.807) is 31.2 Å². The van der Waals surface area contributed by atoms with Crippen molar-refractivity contribution in [2.24, 2.45) is 23.5 Å². The maximum atomic E-state index is 13.4. The molecule has 11 heteroatoms. The third kappa shape index (κ3) is 12.2. The first-order valence-electron chi connectivity index (χ1n) is 15.2. The molecule has 0 saturated heterocycles. The Morgan fingerprint density at radius 2 is 1.47 bits per heavy atom. The largest absolute Gasteiger partial charge is 0.461 e. The van der Waals surface area contributed by atoms with Gasteiger partial charge in [0.25, 0.3) is 5.91 Å². The molecule has 4 atom stereocenters. The van der Waals surface area contributed by atoms with Crippen LogP contribution in [0.15, 0.2) is 60.7 Å². The van der Waals surface area contributed by atoms with Crippen molar-refractivity contribution in [3.05, 3.63) is 71.8 Å². The van der Waals surface area contributed by atoms with Gasteiger partial charge in [0.2, 0.25) is 23.5 Å². The summed E-state index contributed by atoms with van der Waals surface area (Å²) in [7, 11) is 1.40. The van der Waals surface area contributed by atoms with Crippen molar-refractivity contribution in [2.75, 3.05) is 13.6 Å². The van der Waals surface area contributed by atoms with Crippen LogP contribution in [0.3, 0.4) is 0 Å². The number of nitrogens with two attached hydrogens (primary N) is 1. The summed E-state index contributed by atoms with van der Waals surface area (Å²) in [6, 6.07) is 16.1. The highest BCUT2D eigenvalue weighted by Gasteiger charge is 2.34. The molecule has 0 bridgehead atoms. The second-order valence-electron chi connectivity index (χ2n) is 11.7. The number of benzene rings is 2. The molecule has 0 fully saturated rings. The Balaban J connectivity index is 2.04. The number of hydrogen-bond donors (Lipinski definition) is 3. The minimum atomic E-state index is -1.18. The van der Waals surface area contributed by atoms with Gasteiger partial charge in [-0.05, 0) is 29.4 Å². The van der Waals surface area contributed by atoms with Gasteiger partial charge in [-0.15, -0.1) is 0 Å². The molecule has 0 aromatic heterocycles. The second-order valence-corrected chi connectivity index (χ2v) is 11.7. The van der Waals surface area contributed by atoms with Crippen LogP contribution < -0.4 is 16.4 Å². The molecule has 2 aromatic carbocycles. The van der Waals surface area contributed by atoms with E-state index in [4.69, 9.17) is 10.5 Å². The van der Waals surface area contributed by atoms with E-state index in [1.807, 2.05) is 57.2 Å². The van der Waals surface area contributed by atoms with Crippen molar-refractivity contribution in [1.82, 2.24) is 15.5 Å². The van der Waals surface area contributed by atoms with Gasteiger partial charge >= 0.3 is 5.97 Å². The number of ketones is 1. The molecule has 2 rings (SSSR count). The lowest BCUT2D eigenvalue weighted by atomic mass is 9.90. The molecule has 11 nitrogen and oxygen atoms in total. The van der Waals surface area contributed by atoms with E-state index in [-0.39, 0.29) is 25.4 Å². The molecule has 0 heterocycles. The van der Waals surface area contributed by atoms with Gasteiger partial charge in [0, 0.05) is 19.4 Å². The number of nitrogens with one attached hydrogen (secondary N) is 2. The van der Waals surface area contributed by atoms with Crippen LogP contribution in [0.5, 0.6) is 0 Å². The van der Waals surface area contributed by atoms with E-state index < -0.39 is 65.8 Å². The summed E-state index contributed by atoms with van der Waals surface area (Å²) in [5, 5.41) is 5.01. The molecule has 2 aromatic rings. The molecule has 0 aliphatic rings. The monoisotopic (exact) mass is 622 g/mol. The van der Waals surface area contributed by atoms with Crippen molar-refractivity contribution in [2.45, 2.75) is 72.1 Å². The van der Waals surface area contributed by atoms with Crippen molar-refractivity contribution < 1.29 is 33.5 Å². The van der Waals surface area contributed by atoms with E-state index in [2.05, 4.69) is 10.6 Å². The van der Waals surface area contributed by atoms with E-state index in [0.717, 1.165) is 16.0 Å². The van der Waals surface area contributed by atoms with E-state index in [0.29, 0.717) is 12.8 Å². The van der Waals surface area contributed by atoms with Gasteiger partial charge in [-0.2, -0.15) is 0 Å². The first kappa shape index (κ1) is 36.7. The zero-order valence-corrected chi connectivity index (χ0v) is 26.8. The van der Waals surface area contributed by atoms with Crippen LogP contribution in [0.25, 0.3) is 0 Å². The van der Waals surface area contributed by atoms with Gasteiger partial charge in [-0.3, -0.25) is 28.8 Å². The summed E-state index contributed by atoms with van der Waals surface area (Å²) >= 11 is 0. The fourth-order valence-electron chi connectivity index (χ4n) is 4.77. The van der Waals surface area contributed by atoms with Crippen molar-refractivity contribution >= 4 is 35.4 Å². The minimum absolute atomic E-state index is 0.0674. The zero-order valence-electron chi connectivity index (χ0n) is 26.8. The highest BCUT2D eigenvalue weighted by molar-refractivity contribution is 6.38. The van der Waals surface area contributed by atoms with Crippen LogP contribution >= 0.6 is 0 Å². The van der Waals surface area contributed by atoms with Gasteiger partial charge in [0.15, 0.2) is 0 Å². The fraction of sp³-hybridized carbons (Fsp3) is 0.471. The number of primary amides is 1. The predicted molar refractivity (Wildman–Crippen MR) is 169 cm³/mol. The minimum Gasteiger partial charge on any atom is -0.461 e. The summed E-state index contributed by atoms with van der Waals surface area (Å²) < 4.78 is 5.37. The average Bonchev–Trinajstić information content (AvgIpc) is 3.02. The van der Waals surface area contributed by atoms with Crippen LogP contribution in [0.2, 0.25) is 0 Å². The number of carbonyl (C=O) groups is 6. The highest BCUT2D eigenvalue weighted by Crippen LogP contribution is 2.19. The number of esters is 1. The fourth-order valence-corrected chi connectivity index (χ4v) is 4.77. The van der Waals surface area contributed by atoms with E-state index >= 15 is 0 Å². The van der Waals surface area contributed by atoms with Gasteiger partial charge < -0.3 is 26.0 Å². The summed E-state index contributed by atoms with van der Waals surface area (Å²) in [4.78, 5) is 78.3. The number of ether oxygens (including phenoxy) is 1. The molecular weight excluding hydrogens is 576 g/mol. The average molecular weight is 623 g/mol. The lowest BCUT2D eigenvalue weighted by molar-refractivity contribution is -0.149. The third-order valence-corrected chi connectivity index (χ3v) is 7.66. The molecule has 0 aliphatic carbocycles. The smallest absolute Gasteiger partial charge is 0.306 e. The lowest BCUT2D eigenvalue weighted by Crippen LogP contribution is -2.54. The van der Waals surface area contributed by atoms with Gasteiger partial charge in [0.05, 0.1) is 19.0 Å². The molecule has 244 valence electrons. The predicted octanol–water partition coefficient (Wildman–Crippen LogP) is 2.55. The Hall–Kier alpha value is -4.54. The Morgan fingerprint density at radius 3 is 2.00 bits per heavy atom.